The van der Waals surface area contributed by atoms with Gasteiger partial charge in [0.2, 0.25) is 5.91 Å². The lowest BCUT2D eigenvalue weighted by molar-refractivity contribution is -0.131. The summed E-state index contributed by atoms with van der Waals surface area (Å²) < 4.78 is 1.38. The Kier molecular flexibility index (Phi) is 4.82. The van der Waals surface area contributed by atoms with Crippen molar-refractivity contribution in [3.05, 3.63) is 46.7 Å². The molecule has 1 N–H and O–H groups in total. The molecule has 1 saturated heterocycles. The zero-order valence-electron chi connectivity index (χ0n) is 15.3. The maximum absolute atomic E-state index is 12.5. The Morgan fingerprint density at radius 2 is 1.86 bits per heavy atom. The molecule has 1 aromatic carbocycles. The molecule has 8 heteroatoms. The summed E-state index contributed by atoms with van der Waals surface area (Å²) in [6.07, 6.45) is 6.00. The first-order valence-corrected chi connectivity index (χ1v) is 9.69. The van der Waals surface area contributed by atoms with E-state index in [0.717, 1.165) is 25.9 Å². The van der Waals surface area contributed by atoms with Crippen LogP contribution in [-0.2, 0) is 4.79 Å². The molecule has 0 unspecified atom stereocenters. The van der Waals surface area contributed by atoms with Crippen LogP contribution in [0.15, 0.2) is 30.5 Å². The van der Waals surface area contributed by atoms with Gasteiger partial charge in [-0.15, -0.1) is 0 Å². The second kappa shape index (κ2) is 7.28. The van der Waals surface area contributed by atoms with Crippen molar-refractivity contribution < 1.29 is 9.59 Å². The summed E-state index contributed by atoms with van der Waals surface area (Å²) in [6.45, 7) is 1.43. The molecule has 2 heterocycles. The number of nitrogens with zero attached hydrogens (tertiary/aromatic N) is 4. The number of amides is 2. The minimum atomic E-state index is -0.485. The van der Waals surface area contributed by atoms with E-state index in [9.17, 15) is 14.9 Å². The number of nitriles is 1. The highest BCUT2D eigenvalue weighted by atomic mass is 35.5. The number of carbonyl (C=O) groups is 2. The molecule has 2 amide bonds. The summed E-state index contributed by atoms with van der Waals surface area (Å²) in [7, 11) is 0. The number of likely N-dealkylation sites (tertiary alicyclic amines) is 1. The fourth-order valence-corrected chi connectivity index (χ4v) is 3.80. The van der Waals surface area contributed by atoms with Crippen LogP contribution in [0.5, 0.6) is 0 Å². The fraction of sp³-hybridized carbons (Fsp3) is 0.400. The van der Waals surface area contributed by atoms with Gasteiger partial charge in [0.15, 0.2) is 5.69 Å². The second-order valence-corrected chi connectivity index (χ2v) is 7.91. The third-order valence-electron chi connectivity index (χ3n) is 5.73. The van der Waals surface area contributed by atoms with Crippen molar-refractivity contribution in [3.8, 4) is 11.8 Å². The molecule has 4 rings (SSSR count). The van der Waals surface area contributed by atoms with E-state index in [0.29, 0.717) is 16.1 Å². The predicted molar refractivity (Wildman–Crippen MR) is 103 cm³/mol. The largest absolute Gasteiger partial charge is 0.343 e. The Morgan fingerprint density at radius 1 is 1.18 bits per heavy atom. The van der Waals surface area contributed by atoms with Crippen molar-refractivity contribution in [1.82, 2.24) is 20.0 Å². The smallest absolute Gasteiger partial charge is 0.256 e. The van der Waals surface area contributed by atoms with Crippen LogP contribution >= 0.6 is 11.6 Å². The van der Waals surface area contributed by atoms with Gasteiger partial charge in [0.25, 0.3) is 5.91 Å². The van der Waals surface area contributed by atoms with Crippen molar-refractivity contribution >= 4 is 23.4 Å². The summed E-state index contributed by atoms with van der Waals surface area (Å²) >= 11 is 5.89. The van der Waals surface area contributed by atoms with Gasteiger partial charge in [-0.1, -0.05) is 11.6 Å². The number of aromatic nitrogens is 2. The number of rotatable bonds is 4. The summed E-state index contributed by atoms with van der Waals surface area (Å²) in [4.78, 5) is 26.7. The van der Waals surface area contributed by atoms with Gasteiger partial charge in [0.1, 0.15) is 6.07 Å². The van der Waals surface area contributed by atoms with Crippen molar-refractivity contribution in [3.63, 3.8) is 0 Å². The molecule has 1 aromatic heterocycles. The second-order valence-electron chi connectivity index (χ2n) is 7.47. The molecule has 0 atom stereocenters. The van der Waals surface area contributed by atoms with Crippen LogP contribution in [0.25, 0.3) is 5.69 Å². The van der Waals surface area contributed by atoms with Crippen molar-refractivity contribution in [1.29, 1.82) is 5.26 Å². The lowest BCUT2D eigenvalue weighted by Gasteiger charge is -2.32. The Bertz CT molecular complexity index is 946. The maximum atomic E-state index is 12.5. The fourth-order valence-electron chi connectivity index (χ4n) is 3.67. The molecular weight excluding hydrogens is 378 g/mol. The van der Waals surface area contributed by atoms with Gasteiger partial charge in [0, 0.05) is 18.1 Å². The van der Waals surface area contributed by atoms with Gasteiger partial charge in [-0.25, -0.2) is 4.68 Å². The Labute approximate surface area is 167 Å². The highest BCUT2D eigenvalue weighted by Gasteiger charge is 2.45. The van der Waals surface area contributed by atoms with Gasteiger partial charge >= 0.3 is 0 Å². The van der Waals surface area contributed by atoms with E-state index in [-0.39, 0.29) is 23.7 Å². The molecule has 1 aliphatic heterocycles. The molecule has 28 heavy (non-hydrogen) atoms. The maximum Gasteiger partial charge on any atom is 0.256 e. The first-order valence-electron chi connectivity index (χ1n) is 9.31. The van der Waals surface area contributed by atoms with E-state index >= 15 is 0 Å². The van der Waals surface area contributed by atoms with E-state index in [1.807, 2.05) is 11.0 Å². The number of benzene rings is 1. The summed E-state index contributed by atoms with van der Waals surface area (Å²) in [5.41, 5.74) is 1.37. The molecule has 2 aliphatic rings. The first kappa shape index (κ1) is 18.5. The van der Waals surface area contributed by atoms with E-state index in [2.05, 4.69) is 10.4 Å². The minimum absolute atomic E-state index is 0.0805. The summed E-state index contributed by atoms with van der Waals surface area (Å²) in [5, 5.41) is 16.8. The molecule has 1 aliphatic carbocycles. The molecule has 7 nitrogen and oxygen atoms in total. The monoisotopic (exact) mass is 397 g/mol. The predicted octanol–water partition coefficient (Wildman–Crippen LogP) is 2.53. The van der Waals surface area contributed by atoms with Crippen LogP contribution in [0.2, 0.25) is 5.02 Å². The van der Waals surface area contributed by atoms with Crippen LogP contribution in [0, 0.1) is 16.7 Å². The number of nitrogens with one attached hydrogen (secondary N) is 1. The van der Waals surface area contributed by atoms with Crippen LogP contribution in [0.4, 0.5) is 0 Å². The number of piperidine rings is 1. The SMILES string of the molecule is N#Cc1c(C(=O)NCC(=O)N2CCC3(CC2)CC3)cnn1-c1ccc(Cl)cc1. The van der Waals surface area contributed by atoms with Gasteiger partial charge in [-0.05, 0) is 55.4 Å². The van der Waals surface area contributed by atoms with Gasteiger partial charge in [0.05, 0.1) is 24.0 Å². The third kappa shape index (κ3) is 3.60. The molecule has 144 valence electrons. The van der Waals surface area contributed by atoms with Crippen LogP contribution in [-0.4, -0.2) is 46.1 Å². The minimum Gasteiger partial charge on any atom is -0.343 e. The normalized spacial score (nSPS) is 17.2. The van der Waals surface area contributed by atoms with Gasteiger partial charge in [-0.3, -0.25) is 9.59 Å². The lowest BCUT2D eigenvalue weighted by Crippen LogP contribution is -2.44. The van der Waals surface area contributed by atoms with Crippen LogP contribution < -0.4 is 5.32 Å². The zero-order valence-corrected chi connectivity index (χ0v) is 16.1. The molecule has 2 fully saturated rings. The Balaban J connectivity index is 1.40. The third-order valence-corrected chi connectivity index (χ3v) is 5.98. The zero-order chi connectivity index (χ0) is 19.7. The molecule has 2 aromatic rings. The molecular formula is C20H20ClN5O2. The van der Waals surface area contributed by atoms with Gasteiger partial charge in [-0.2, -0.15) is 10.4 Å². The van der Waals surface area contributed by atoms with E-state index in [1.165, 1.54) is 23.7 Å². The lowest BCUT2D eigenvalue weighted by atomic mass is 9.94. The van der Waals surface area contributed by atoms with E-state index in [1.54, 1.807) is 24.3 Å². The van der Waals surface area contributed by atoms with Crippen LogP contribution in [0.3, 0.4) is 0 Å². The average molecular weight is 398 g/mol. The number of carbonyl (C=O) groups excluding carboxylic acids is 2. The standard InChI is InChI=1S/C20H20ClN5O2/c21-14-1-3-15(4-2-14)26-17(11-22)16(12-24-26)19(28)23-13-18(27)25-9-7-20(5-6-20)8-10-25/h1-4,12H,5-10,13H2,(H,23,28). The van der Waals surface area contributed by atoms with E-state index < -0.39 is 5.91 Å². The van der Waals surface area contributed by atoms with Crippen molar-refractivity contribution in [2.24, 2.45) is 5.41 Å². The summed E-state index contributed by atoms with van der Waals surface area (Å²) in [5.74, 6) is -0.576. The van der Waals surface area contributed by atoms with Crippen molar-refractivity contribution in [2.75, 3.05) is 19.6 Å². The Morgan fingerprint density at radius 3 is 2.46 bits per heavy atom. The first-order chi connectivity index (χ1) is 13.5. The van der Waals surface area contributed by atoms with Gasteiger partial charge < -0.3 is 10.2 Å². The topological polar surface area (TPSA) is 91.0 Å². The summed E-state index contributed by atoms with van der Waals surface area (Å²) in [6, 6.07) is 8.81. The molecule has 0 radical (unpaired) electrons. The number of hydrogen-bond acceptors (Lipinski definition) is 4. The quantitative estimate of drug-likeness (QED) is 0.858. The highest BCUT2D eigenvalue weighted by molar-refractivity contribution is 6.30. The molecule has 0 bridgehead atoms. The Hall–Kier alpha value is -2.85. The average Bonchev–Trinajstić information content (AvgIpc) is 3.32. The van der Waals surface area contributed by atoms with Crippen molar-refractivity contribution in [2.45, 2.75) is 25.7 Å². The number of halogens is 1. The number of hydrogen-bond donors (Lipinski definition) is 1. The van der Waals surface area contributed by atoms with Crippen LogP contribution in [0.1, 0.15) is 41.7 Å². The van der Waals surface area contributed by atoms with E-state index in [4.69, 9.17) is 11.6 Å². The molecule has 1 spiro atoms. The highest BCUT2D eigenvalue weighted by Crippen LogP contribution is 2.53. The molecule has 1 saturated carbocycles.